The summed E-state index contributed by atoms with van der Waals surface area (Å²) in [6.07, 6.45) is 1.89. The molecule has 0 aliphatic carbocycles. The molecule has 2 aliphatic heterocycles. The number of halogens is 1. The zero-order valence-electron chi connectivity index (χ0n) is 11.0. The van der Waals surface area contributed by atoms with E-state index in [9.17, 15) is 4.39 Å². The van der Waals surface area contributed by atoms with Crippen LogP contribution in [0.2, 0.25) is 0 Å². The molecule has 0 N–H and O–H groups in total. The highest BCUT2D eigenvalue weighted by atomic mass is 19.1. The molecule has 0 amide bonds. The molecule has 2 aliphatic rings. The number of hydrogen-bond acceptors (Lipinski definition) is 1. The first-order chi connectivity index (χ1) is 7.44. The molecule has 0 spiro atoms. The first-order valence-corrected chi connectivity index (χ1v) is 5.47. The van der Waals surface area contributed by atoms with Gasteiger partial charge in [-0.25, -0.2) is 4.39 Å². The maximum Gasteiger partial charge on any atom is 0.0872 e. The van der Waals surface area contributed by atoms with E-state index in [-0.39, 0.29) is 5.92 Å². The smallest absolute Gasteiger partial charge is 0.0872 e. The van der Waals surface area contributed by atoms with E-state index in [2.05, 4.69) is 4.90 Å². The van der Waals surface area contributed by atoms with Crippen LogP contribution in [-0.2, 0) is 0 Å². The van der Waals surface area contributed by atoms with Crippen molar-refractivity contribution in [1.82, 2.24) is 4.90 Å². The van der Waals surface area contributed by atoms with Gasteiger partial charge in [0.2, 0.25) is 0 Å². The average Bonchev–Trinajstić information content (AvgIpc) is 2.73. The third-order valence-corrected chi connectivity index (χ3v) is 3.25. The van der Waals surface area contributed by atoms with Gasteiger partial charge in [-0.2, -0.15) is 0 Å². The van der Waals surface area contributed by atoms with Crippen LogP contribution in [0.5, 0.6) is 0 Å². The minimum absolute atomic E-state index is 0.0351. The van der Waals surface area contributed by atoms with E-state index >= 15 is 0 Å². The van der Waals surface area contributed by atoms with Crippen LogP contribution in [0.25, 0.3) is 0 Å². The summed E-state index contributed by atoms with van der Waals surface area (Å²) in [7, 11) is 0. The second-order valence-corrected chi connectivity index (χ2v) is 4.80. The van der Waals surface area contributed by atoms with Gasteiger partial charge in [-0.05, 0) is 43.7 Å². The molecule has 1 nitrogen and oxygen atoms in total. The number of rotatable bonds is 2. The molecule has 80 valence electrons. The summed E-state index contributed by atoms with van der Waals surface area (Å²) in [5.74, 6) is -0.0351. The van der Waals surface area contributed by atoms with Crippen LogP contribution in [-0.4, -0.2) is 23.5 Å². The molecule has 2 heterocycles. The molecule has 0 aromatic carbocycles. The molecular formula is C12H20FN. The minimum Gasteiger partial charge on any atom is -0.293 e. The third-order valence-electron chi connectivity index (χ3n) is 3.25. The van der Waals surface area contributed by atoms with Crippen molar-refractivity contribution in [3.8, 4) is 0 Å². The van der Waals surface area contributed by atoms with Gasteiger partial charge in [0.05, 0.1) is 6.33 Å². The highest BCUT2D eigenvalue weighted by molar-refractivity contribution is 5.18. The monoisotopic (exact) mass is 199 g/mol. The lowest BCUT2D eigenvalue weighted by Gasteiger charge is -2.33. The van der Waals surface area contributed by atoms with Gasteiger partial charge >= 0.3 is 0 Å². The number of hydrogen-bond donors (Lipinski definition) is 0. The van der Waals surface area contributed by atoms with E-state index in [4.69, 9.17) is 2.74 Å². The first-order valence-electron chi connectivity index (χ1n) is 6.47. The zero-order valence-corrected chi connectivity index (χ0v) is 9.02. The Hall–Kier alpha value is -0.370. The lowest BCUT2D eigenvalue weighted by Crippen LogP contribution is -2.39. The van der Waals surface area contributed by atoms with Gasteiger partial charge in [0.25, 0.3) is 0 Å². The highest BCUT2D eigenvalue weighted by Gasteiger charge is 2.46. The standard InChI is InChI=1S/C12H20FN/c1-10(2)6-12-4-3-5-14(12)9-11(7-12)8-13/h8,10H,3-7,9H2,1-2H3/b11-8+/t12-/m1/s1/i6D2. The lowest BCUT2D eigenvalue weighted by molar-refractivity contribution is 0.163. The van der Waals surface area contributed by atoms with E-state index in [1.54, 1.807) is 0 Å². The Morgan fingerprint density at radius 2 is 2.50 bits per heavy atom. The van der Waals surface area contributed by atoms with Crippen molar-refractivity contribution in [2.24, 2.45) is 5.92 Å². The minimum atomic E-state index is -1.24. The molecule has 2 saturated heterocycles. The van der Waals surface area contributed by atoms with E-state index < -0.39 is 11.9 Å². The average molecular weight is 199 g/mol. The predicted octanol–water partition coefficient (Wildman–Crippen LogP) is 3.12. The van der Waals surface area contributed by atoms with Gasteiger partial charge in [-0.1, -0.05) is 13.8 Å². The topological polar surface area (TPSA) is 3.24 Å². The predicted molar refractivity (Wildman–Crippen MR) is 56.8 cm³/mol. The fraction of sp³-hybridized carbons (Fsp3) is 0.833. The molecule has 0 aromatic rings. The van der Waals surface area contributed by atoms with E-state index in [0.29, 0.717) is 19.3 Å². The fourth-order valence-electron chi connectivity index (χ4n) is 2.87. The Kier molecular flexibility index (Phi) is 2.05. The lowest BCUT2D eigenvalue weighted by atomic mass is 9.84. The zero-order chi connectivity index (χ0) is 12.0. The maximum atomic E-state index is 12.7. The van der Waals surface area contributed by atoms with Gasteiger partial charge in [-0.15, -0.1) is 0 Å². The van der Waals surface area contributed by atoms with Gasteiger partial charge in [0.15, 0.2) is 0 Å². The Labute approximate surface area is 88.8 Å². The second kappa shape index (κ2) is 3.65. The molecule has 2 heteroatoms. The number of fused-ring (bicyclic) bond motifs is 1. The maximum absolute atomic E-state index is 12.7. The molecule has 0 bridgehead atoms. The third kappa shape index (κ3) is 1.60. The van der Waals surface area contributed by atoms with Gasteiger partial charge in [-0.3, -0.25) is 4.90 Å². The van der Waals surface area contributed by atoms with Crippen molar-refractivity contribution < 1.29 is 7.13 Å². The van der Waals surface area contributed by atoms with Crippen LogP contribution in [0, 0.1) is 5.92 Å². The molecule has 0 unspecified atom stereocenters. The van der Waals surface area contributed by atoms with E-state index in [1.165, 1.54) is 0 Å². The normalized spacial score (nSPS) is 39.0. The summed E-state index contributed by atoms with van der Waals surface area (Å²) in [6.45, 7) is 5.36. The van der Waals surface area contributed by atoms with Gasteiger partial charge in [0.1, 0.15) is 0 Å². The summed E-state index contributed by atoms with van der Waals surface area (Å²) >= 11 is 0. The second-order valence-electron chi connectivity index (χ2n) is 4.80. The van der Waals surface area contributed by atoms with Crippen LogP contribution >= 0.6 is 0 Å². The van der Waals surface area contributed by atoms with Crippen molar-refractivity contribution in [3.05, 3.63) is 11.9 Å². The van der Waals surface area contributed by atoms with Crippen molar-refractivity contribution >= 4 is 0 Å². The Morgan fingerprint density at radius 1 is 1.71 bits per heavy atom. The van der Waals surface area contributed by atoms with Gasteiger partial charge < -0.3 is 0 Å². The fourth-order valence-corrected chi connectivity index (χ4v) is 2.87. The van der Waals surface area contributed by atoms with Gasteiger partial charge in [0, 0.05) is 14.8 Å². The van der Waals surface area contributed by atoms with Crippen LogP contribution in [0.1, 0.15) is 42.2 Å². The molecule has 0 saturated carbocycles. The van der Waals surface area contributed by atoms with Crippen molar-refractivity contribution in [3.63, 3.8) is 0 Å². The van der Waals surface area contributed by atoms with E-state index in [0.717, 1.165) is 25.0 Å². The SMILES string of the molecule is [2H]C([2H])(C(C)C)[C@@]12CCCN1C/C(=C/F)C2. The quantitative estimate of drug-likeness (QED) is 0.660. The van der Waals surface area contributed by atoms with Crippen LogP contribution < -0.4 is 0 Å². The molecule has 2 rings (SSSR count). The molecule has 14 heavy (non-hydrogen) atoms. The van der Waals surface area contributed by atoms with Crippen molar-refractivity contribution in [2.75, 3.05) is 13.1 Å². The molecule has 2 fully saturated rings. The molecule has 1 atom stereocenters. The summed E-state index contributed by atoms with van der Waals surface area (Å²) in [6, 6.07) is 0. The molecule has 0 radical (unpaired) electrons. The van der Waals surface area contributed by atoms with Crippen LogP contribution in [0.15, 0.2) is 11.9 Å². The summed E-state index contributed by atoms with van der Waals surface area (Å²) in [4.78, 5) is 2.15. The van der Waals surface area contributed by atoms with E-state index in [1.807, 2.05) is 13.8 Å². The Morgan fingerprint density at radius 3 is 3.14 bits per heavy atom. The molecular weight excluding hydrogens is 177 g/mol. The Bertz CT molecular complexity index is 314. The van der Waals surface area contributed by atoms with Crippen LogP contribution in [0.3, 0.4) is 0 Å². The van der Waals surface area contributed by atoms with Crippen LogP contribution in [0.4, 0.5) is 4.39 Å². The Balaban J connectivity index is 2.35. The number of nitrogens with zero attached hydrogens (tertiary/aromatic N) is 1. The first kappa shape index (κ1) is 7.86. The highest BCUT2D eigenvalue weighted by Crippen LogP contribution is 2.45. The van der Waals surface area contributed by atoms with Crippen molar-refractivity contribution in [1.29, 1.82) is 0 Å². The summed E-state index contributed by atoms with van der Waals surface area (Å²) in [5, 5.41) is 0. The summed E-state index contributed by atoms with van der Waals surface area (Å²) < 4.78 is 29.3. The molecule has 0 aromatic heterocycles. The summed E-state index contributed by atoms with van der Waals surface area (Å²) in [5.41, 5.74) is 0.309. The van der Waals surface area contributed by atoms with Crippen molar-refractivity contribution in [2.45, 2.75) is 45.0 Å². The largest absolute Gasteiger partial charge is 0.293 e.